The first kappa shape index (κ1) is 16.3. The summed E-state index contributed by atoms with van der Waals surface area (Å²) in [5.41, 5.74) is 2.90. The van der Waals surface area contributed by atoms with E-state index in [2.05, 4.69) is 32.3 Å². The Bertz CT molecular complexity index is 631. The van der Waals surface area contributed by atoms with E-state index in [9.17, 15) is 0 Å². The minimum Gasteiger partial charge on any atom is -0.383 e. The molecule has 0 aliphatic rings. The number of nitrogens with zero attached hydrogens (tertiary/aromatic N) is 3. The van der Waals surface area contributed by atoms with Crippen LogP contribution in [0.5, 0.6) is 0 Å². The lowest BCUT2D eigenvalue weighted by Crippen LogP contribution is -2.21. The van der Waals surface area contributed by atoms with Gasteiger partial charge in [0.25, 0.3) is 0 Å². The number of thiocarbonyl (C=S) groups is 1. The summed E-state index contributed by atoms with van der Waals surface area (Å²) < 4.78 is 5.09. The lowest BCUT2D eigenvalue weighted by Gasteiger charge is -2.19. The maximum atomic E-state index is 5.09. The van der Waals surface area contributed by atoms with E-state index in [1.54, 1.807) is 18.7 Å². The highest BCUT2D eigenvalue weighted by molar-refractivity contribution is 7.79. The van der Waals surface area contributed by atoms with Gasteiger partial charge in [0, 0.05) is 49.2 Å². The summed E-state index contributed by atoms with van der Waals surface area (Å²) in [5.74, 6) is 1.43. The quantitative estimate of drug-likeness (QED) is 0.793. The highest BCUT2D eigenvalue weighted by Gasteiger charge is 2.05. The van der Waals surface area contributed by atoms with Crippen molar-refractivity contribution in [1.29, 1.82) is 0 Å². The average molecular weight is 316 g/mol. The van der Waals surface area contributed by atoms with Gasteiger partial charge in [-0.3, -0.25) is 0 Å². The molecule has 22 heavy (non-hydrogen) atoms. The number of methoxy groups -OCH3 is 1. The van der Waals surface area contributed by atoms with Crippen LogP contribution in [0.25, 0.3) is 0 Å². The Morgan fingerprint density at radius 3 is 2.68 bits per heavy atom. The number of aromatic nitrogens is 2. The van der Waals surface area contributed by atoms with Crippen molar-refractivity contribution in [3.8, 4) is 0 Å². The van der Waals surface area contributed by atoms with Crippen LogP contribution >= 0.6 is 12.2 Å². The maximum absolute atomic E-state index is 5.09. The fraction of sp³-hybridized carbons (Fsp3) is 0.312. The first-order chi connectivity index (χ1) is 10.6. The Morgan fingerprint density at radius 2 is 2.05 bits per heavy atom. The number of ether oxygens (including phenoxy) is 1. The van der Waals surface area contributed by atoms with Crippen LogP contribution in [-0.4, -0.2) is 42.6 Å². The molecule has 0 aliphatic carbocycles. The van der Waals surface area contributed by atoms with E-state index in [1.165, 1.54) is 0 Å². The fourth-order valence-electron chi connectivity index (χ4n) is 1.96. The van der Waals surface area contributed by atoms with E-state index in [4.69, 9.17) is 17.0 Å². The minimum absolute atomic E-state index is 0.703. The molecule has 2 aromatic rings. The lowest BCUT2D eigenvalue weighted by molar-refractivity contribution is 0.206. The van der Waals surface area contributed by atoms with E-state index in [0.717, 1.165) is 29.3 Å². The van der Waals surface area contributed by atoms with Gasteiger partial charge in [-0.2, -0.15) is 0 Å². The second-order valence-electron chi connectivity index (χ2n) is 4.93. The Labute approximate surface area is 136 Å². The molecule has 1 N–H and O–H groups in total. The maximum Gasteiger partial charge on any atom is 0.142 e. The second kappa shape index (κ2) is 7.82. The van der Waals surface area contributed by atoms with Crippen LogP contribution in [0.3, 0.4) is 0 Å². The Morgan fingerprint density at radius 1 is 1.32 bits per heavy atom. The summed E-state index contributed by atoms with van der Waals surface area (Å²) >= 11 is 5.00. The molecule has 0 aliphatic heterocycles. The number of hydrogen-bond donors (Lipinski definition) is 1. The molecule has 2 rings (SSSR count). The number of hydrogen-bond acceptors (Lipinski definition) is 6. The predicted octanol–water partition coefficient (Wildman–Crippen LogP) is 2.96. The third-order valence-corrected chi connectivity index (χ3v) is 3.52. The molecule has 0 unspecified atom stereocenters. The summed E-state index contributed by atoms with van der Waals surface area (Å²) in [6.45, 7) is 3.41. The molecule has 116 valence electrons. The number of nitrogens with one attached hydrogen (secondary N) is 1. The number of likely N-dealkylation sites (N-methyl/N-ethyl adjacent to an activating group) is 1. The summed E-state index contributed by atoms with van der Waals surface area (Å²) in [4.78, 5) is 10.7. The summed E-state index contributed by atoms with van der Waals surface area (Å²) in [6.07, 6.45) is 1.73. The van der Waals surface area contributed by atoms with Crippen LogP contribution in [-0.2, 0) is 4.74 Å². The Kier molecular flexibility index (Phi) is 5.80. The normalized spacial score (nSPS) is 10.3. The van der Waals surface area contributed by atoms with Crippen LogP contribution in [0.4, 0.5) is 17.2 Å². The largest absolute Gasteiger partial charge is 0.383 e. The van der Waals surface area contributed by atoms with E-state index in [0.29, 0.717) is 12.4 Å². The summed E-state index contributed by atoms with van der Waals surface area (Å²) in [7, 11) is 3.75. The number of benzene rings is 1. The molecule has 1 heterocycles. The molecule has 0 saturated heterocycles. The molecule has 5 nitrogen and oxygen atoms in total. The number of aryl methyl sites for hydroxylation is 1. The fourth-order valence-corrected chi connectivity index (χ4v) is 2.13. The van der Waals surface area contributed by atoms with Gasteiger partial charge in [-0.05, 0) is 31.2 Å². The van der Waals surface area contributed by atoms with E-state index in [-0.39, 0.29) is 0 Å². The van der Waals surface area contributed by atoms with Crippen molar-refractivity contribution >= 4 is 34.8 Å². The van der Waals surface area contributed by atoms with Gasteiger partial charge in [-0.15, -0.1) is 0 Å². The third-order valence-electron chi connectivity index (χ3n) is 3.27. The van der Waals surface area contributed by atoms with Crippen LogP contribution < -0.4 is 10.2 Å². The lowest BCUT2D eigenvalue weighted by atomic mass is 10.2. The zero-order chi connectivity index (χ0) is 15.9. The molecule has 1 aromatic heterocycles. The first-order valence-corrected chi connectivity index (χ1v) is 7.47. The standard InChI is InChI=1S/C16H20N4OS/c1-12-17-10-13(11-22)16(18-12)19-14-4-6-15(7-5-14)20(2)8-9-21-3/h4-7,10-11H,8-9H2,1-3H3,(H,17,18,19). The van der Waals surface area contributed by atoms with Gasteiger partial charge in [0.05, 0.1) is 6.61 Å². The predicted molar refractivity (Wildman–Crippen MR) is 94.4 cm³/mol. The van der Waals surface area contributed by atoms with E-state index >= 15 is 0 Å². The molecule has 0 spiro atoms. The van der Waals surface area contributed by atoms with Gasteiger partial charge >= 0.3 is 0 Å². The highest BCUT2D eigenvalue weighted by atomic mass is 32.1. The third kappa shape index (κ3) is 4.22. The molecule has 6 heteroatoms. The van der Waals surface area contributed by atoms with E-state index in [1.807, 2.05) is 26.1 Å². The van der Waals surface area contributed by atoms with Crippen molar-refractivity contribution in [3.63, 3.8) is 0 Å². The van der Waals surface area contributed by atoms with Crippen LogP contribution in [0.15, 0.2) is 30.5 Å². The molecule has 0 bridgehead atoms. The van der Waals surface area contributed by atoms with Crippen LogP contribution in [0.2, 0.25) is 0 Å². The van der Waals surface area contributed by atoms with Crippen molar-refractivity contribution in [2.45, 2.75) is 6.92 Å². The van der Waals surface area contributed by atoms with Gasteiger partial charge in [0.2, 0.25) is 0 Å². The smallest absolute Gasteiger partial charge is 0.142 e. The molecular weight excluding hydrogens is 296 g/mol. The zero-order valence-corrected chi connectivity index (χ0v) is 13.9. The SMILES string of the molecule is COCCN(C)c1ccc(Nc2nc(C)ncc2C=S)cc1. The summed E-state index contributed by atoms with van der Waals surface area (Å²) in [5, 5.41) is 4.86. The molecule has 0 fully saturated rings. The molecule has 0 atom stereocenters. The first-order valence-electron chi connectivity index (χ1n) is 7.00. The van der Waals surface area contributed by atoms with Crippen molar-refractivity contribution in [1.82, 2.24) is 9.97 Å². The van der Waals surface area contributed by atoms with Crippen molar-refractivity contribution < 1.29 is 4.74 Å². The monoisotopic (exact) mass is 316 g/mol. The zero-order valence-electron chi connectivity index (χ0n) is 13.0. The van der Waals surface area contributed by atoms with Crippen LogP contribution in [0, 0.1) is 6.92 Å². The molecular formula is C16H20N4OS. The average Bonchev–Trinajstić information content (AvgIpc) is 2.53. The van der Waals surface area contributed by atoms with E-state index < -0.39 is 0 Å². The van der Waals surface area contributed by atoms with Gasteiger partial charge in [-0.1, -0.05) is 12.2 Å². The molecule has 0 saturated carbocycles. The van der Waals surface area contributed by atoms with Crippen LogP contribution in [0.1, 0.15) is 11.4 Å². The number of rotatable bonds is 7. The van der Waals surface area contributed by atoms with Gasteiger partial charge < -0.3 is 15.0 Å². The molecule has 0 radical (unpaired) electrons. The van der Waals surface area contributed by atoms with Crippen molar-refractivity contribution in [2.24, 2.45) is 0 Å². The number of anilines is 3. The molecule has 1 aromatic carbocycles. The van der Waals surface area contributed by atoms with Crippen molar-refractivity contribution in [3.05, 3.63) is 41.9 Å². The van der Waals surface area contributed by atoms with Crippen molar-refractivity contribution in [2.75, 3.05) is 37.5 Å². The van der Waals surface area contributed by atoms with Gasteiger partial charge in [-0.25, -0.2) is 9.97 Å². The second-order valence-corrected chi connectivity index (χ2v) is 5.16. The molecule has 0 amide bonds. The topological polar surface area (TPSA) is 50.3 Å². The highest BCUT2D eigenvalue weighted by Crippen LogP contribution is 2.21. The van der Waals surface area contributed by atoms with Gasteiger partial charge in [0.1, 0.15) is 11.6 Å². The Balaban J connectivity index is 2.11. The van der Waals surface area contributed by atoms with Gasteiger partial charge in [0.15, 0.2) is 0 Å². The Hall–Kier alpha value is -2.05. The summed E-state index contributed by atoms with van der Waals surface area (Å²) in [6, 6.07) is 8.15. The minimum atomic E-state index is 0.703.